The molecule has 2 aromatic rings. The lowest BCUT2D eigenvalue weighted by Gasteiger charge is -2.36. The molecule has 184 valence electrons. The molecule has 0 radical (unpaired) electrons. The standard InChI is InChI=1S/C22H27FN4O6S/c23-18-3-1-17(2-4-18)22(28)16-24-7-9-25(10-8-24)20-6-5-19(15-21(20)27(29)30)34(31,32)26-11-13-33-14-12-26/h1-6,15,22,28H,7-14,16H2/t22-/m1/s1. The van der Waals surface area contributed by atoms with E-state index in [1.165, 1.54) is 28.6 Å². The van der Waals surface area contributed by atoms with E-state index in [-0.39, 0.29) is 29.5 Å². The smallest absolute Gasteiger partial charge is 0.293 e. The molecule has 10 nitrogen and oxygen atoms in total. The highest BCUT2D eigenvalue weighted by atomic mass is 32.2. The van der Waals surface area contributed by atoms with Gasteiger partial charge in [0.15, 0.2) is 0 Å². The molecular weight excluding hydrogens is 467 g/mol. The van der Waals surface area contributed by atoms with Crippen LogP contribution in [-0.4, -0.2) is 86.7 Å². The van der Waals surface area contributed by atoms with Crippen LogP contribution in [0.3, 0.4) is 0 Å². The van der Waals surface area contributed by atoms with Gasteiger partial charge in [0.25, 0.3) is 5.69 Å². The number of β-amino-alcohol motifs (C(OH)–C–C–N with tert-alkyl or cyclic N) is 1. The number of piperazine rings is 1. The first-order chi connectivity index (χ1) is 16.3. The minimum Gasteiger partial charge on any atom is -0.387 e. The van der Waals surface area contributed by atoms with E-state index in [0.29, 0.717) is 57.2 Å². The van der Waals surface area contributed by atoms with Crippen molar-refractivity contribution in [1.82, 2.24) is 9.21 Å². The van der Waals surface area contributed by atoms with Crippen molar-refractivity contribution in [3.8, 4) is 0 Å². The molecule has 1 atom stereocenters. The first-order valence-corrected chi connectivity index (χ1v) is 12.5. The molecule has 34 heavy (non-hydrogen) atoms. The van der Waals surface area contributed by atoms with Crippen LogP contribution in [-0.2, 0) is 14.8 Å². The predicted molar refractivity (Wildman–Crippen MR) is 123 cm³/mol. The van der Waals surface area contributed by atoms with Crippen molar-refractivity contribution in [3.63, 3.8) is 0 Å². The number of morpholine rings is 1. The Labute approximate surface area is 197 Å². The van der Waals surface area contributed by atoms with E-state index in [9.17, 15) is 28.0 Å². The van der Waals surface area contributed by atoms with Gasteiger partial charge in [-0.3, -0.25) is 15.0 Å². The van der Waals surface area contributed by atoms with Gasteiger partial charge in [-0.25, -0.2) is 12.8 Å². The molecule has 0 saturated carbocycles. The second-order valence-electron chi connectivity index (χ2n) is 8.28. The fourth-order valence-electron chi connectivity index (χ4n) is 4.22. The summed E-state index contributed by atoms with van der Waals surface area (Å²) in [4.78, 5) is 15.0. The molecule has 0 amide bonds. The number of nitro groups is 1. The van der Waals surface area contributed by atoms with E-state index in [1.807, 2.05) is 9.80 Å². The fraction of sp³-hybridized carbons (Fsp3) is 0.455. The minimum absolute atomic E-state index is 0.106. The van der Waals surface area contributed by atoms with Crippen molar-refractivity contribution in [3.05, 3.63) is 64.0 Å². The van der Waals surface area contributed by atoms with Crippen LogP contribution >= 0.6 is 0 Å². The third-order valence-corrected chi connectivity index (χ3v) is 8.04. The molecule has 4 rings (SSSR count). The molecule has 2 heterocycles. The van der Waals surface area contributed by atoms with Crippen LogP contribution in [0.15, 0.2) is 47.4 Å². The van der Waals surface area contributed by atoms with E-state index in [4.69, 9.17) is 4.74 Å². The summed E-state index contributed by atoms with van der Waals surface area (Å²) < 4.78 is 45.4. The Morgan fingerprint density at radius 2 is 1.68 bits per heavy atom. The number of nitrogens with zero attached hydrogens (tertiary/aromatic N) is 4. The molecule has 0 aliphatic carbocycles. The Balaban J connectivity index is 1.44. The summed E-state index contributed by atoms with van der Waals surface area (Å²) in [5, 5.41) is 22.2. The monoisotopic (exact) mass is 494 g/mol. The van der Waals surface area contributed by atoms with Gasteiger partial charge in [-0.05, 0) is 29.8 Å². The Morgan fingerprint density at radius 3 is 2.29 bits per heavy atom. The zero-order valence-electron chi connectivity index (χ0n) is 18.5. The van der Waals surface area contributed by atoms with Crippen molar-refractivity contribution < 1.29 is 27.6 Å². The van der Waals surface area contributed by atoms with Crippen LogP contribution in [0.1, 0.15) is 11.7 Å². The van der Waals surface area contributed by atoms with Crippen LogP contribution < -0.4 is 4.90 Å². The molecule has 0 spiro atoms. The summed E-state index contributed by atoms with van der Waals surface area (Å²) in [6.45, 7) is 3.44. The van der Waals surface area contributed by atoms with E-state index in [2.05, 4.69) is 0 Å². The number of nitro benzene ring substituents is 1. The van der Waals surface area contributed by atoms with E-state index in [0.717, 1.165) is 6.07 Å². The van der Waals surface area contributed by atoms with Crippen LogP contribution in [0.2, 0.25) is 0 Å². The second-order valence-corrected chi connectivity index (χ2v) is 10.2. The first kappa shape index (κ1) is 24.5. The van der Waals surface area contributed by atoms with Gasteiger partial charge in [-0.2, -0.15) is 4.31 Å². The SMILES string of the molecule is O=[N+]([O-])c1cc(S(=O)(=O)N2CCOCC2)ccc1N1CCN(C[C@@H](O)c2ccc(F)cc2)CC1. The number of hydrogen-bond donors (Lipinski definition) is 1. The summed E-state index contributed by atoms with van der Waals surface area (Å²) in [5.74, 6) is -0.366. The third-order valence-electron chi connectivity index (χ3n) is 6.15. The normalized spacial score (nSPS) is 19.2. The maximum Gasteiger partial charge on any atom is 0.293 e. The third kappa shape index (κ3) is 5.36. The van der Waals surface area contributed by atoms with Gasteiger partial charge in [0.1, 0.15) is 11.5 Å². The van der Waals surface area contributed by atoms with Gasteiger partial charge in [0.05, 0.1) is 29.1 Å². The van der Waals surface area contributed by atoms with Gasteiger partial charge < -0.3 is 14.7 Å². The lowest BCUT2D eigenvalue weighted by molar-refractivity contribution is -0.384. The molecule has 0 unspecified atom stereocenters. The fourth-order valence-corrected chi connectivity index (χ4v) is 5.65. The zero-order chi connectivity index (χ0) is 24.3. The van der Waals surface area contributed by atoms with Crippen LogP contribution in [0.4, 0.5) is 15.8 Å². The highest BCUT2D eigenvalue weighted by Gasteiger charge is 2.31. The van der Waals surface area contributed by atoms with Gasteiger partial charge in [0, 0.05) is 51.9 Å². The number of anilines is 1. The number of rotatable bonds is 7. The van der Waals surface area contributed by atoms with Crippen LogP contribution in [0.25, 0.3) is 0 Å². The summed E-state index contributed by atoms with van der Waals surface area (Å²) in [5.41, 5.74) is 0.732. The van der Waals surface area contributed by atoms with E-state index < -0.39 is 21.1 Å². The maximum atomic E-state index is 13.1. The molecular formula is C22H27FN4O6S. The highest BCUT2D eigenvalue weighted by Crippen LogP contribution is 2.33. The number of aliphatic hydroxyl groups excluding tert-OH is 1. The molecule has 1 N–H and O–H groups in total. The average Bonchev–Trinajstić information content (AvgIpc) is 2.85. The number of ether oxygens (including phenoxy) is 1. The summed E-state index contributed by atoms with van der Waals surface area (Å²) >= 11 is 0. The Morgan fingerprint density at radius 1 is 1.03 bits per heavy atom. The number of halogens is 1. The van der Waals surface area contributed by atoms with Crippen molar-refractivity contribution >= 4 is 21.4 Å². The molecule has 2 aliphatic rings. The predicted octanol–water partition coefficient (Wildman–Crippen LogP) is 1.61. The number of benzene rings is 2. The summed E-state index contributed by atoms with van der Waals surface area (Å²) in [7, 11) is -3.85. The molecule has 0 bridgehead atoms. The van der Waals surface area contributed by atoms with E-state index >= 15 is 0 Å². The number of sulfonamides is 1. The van der Waals surface area contributed by atoms with Crippen molar-refractivity contribution in [2.75, 3.05) is 63.9 Å². The Kier molecular flexibility index (Phi) is 7.43. The van der Waals surface area contributed by atoms with Crippen molar-refractivity contribution in [2.45, 2.75) is 11.0 Å². The lowest BCUT2D eigenvalue weighted by atomic mass is 10.1. The topological polar surface area (TPSA) is 116 Å². The molecule has 0 aromatic heterocycles. The highest BCUT2D eigenvalue weighted by molar-refractivity contribution is 7.89. The average molecular weight is 495 g/mol. The van der Waals surface area contributed by atoms with Gasteiger partial charge in [0.2, 0.25) is 10.0 Å². The van der Waals surface area contributed by atoms with Crippen molar-refractivity contribution in [1.29, 1.82) is 0 Å². The number of hydrogen-bond acceptors (Lipinski definition) is 8. The summed E-state index contributed by atoms with van der Waals surface area (Å²) in [6.07, 6.45) is -0.772. The van der Waals surface area contributed by atoms with Crippen molar-refractivity contribution in [2.24, 2.45) is 0 Å². The van der Waals surface area contributed by atoms with E-state index in [1.54, 1.807) is 12.1 Å². The number of aliphatic hydroxyl groups is 1. The maximum absolute atomic E-state index is 13.1. The summed E-state index contributed by atoms with van der Waals surface area (Å²) in [6, 6.07) is 9.74. The zero-order valence-corrected chi connectivity index (χ0v) is 19.4. The van der Waals surface area contributed by atoms with Crippen LogP contribution in [0, 0.1) is 15.9 Å². The largest absolute Gasteiger partial charge is 0.387 e. The molecule has 2 saturated heterocycles. The second kappa shape index (κ2) is 10.3. The van der Waals surface area contributed by atoms with Gasteiger partial charge >= 0.3 is 0 Å². The minimum atomic E-state index is -3.85. The molecule has 2 aromatic carbocycles. The first-order valence-electron chi connectivity index (χ1n) is 11.0. The lowest BCUT2D eigenvalue weighted by Crippen LogP contribution is -2.47. The Bertz CT molecular complexity index is 1120. The van der Waals surface area contributed by atoms with Crippen LogP contribution in [0.5, 0.6) is 0 Å². The Hall–Kier alpha value is -2.64. The van der Waals surface area contributed by atoms with Gasteiger partial charge in [-0.1, -0.05) is 12.1 Å². The van der Waals surface area contributed by atoms with Gasteiger partial charge in [-0.15, -0.1) is 0 Å². The molecule has 12 heteroatoms. The quantitative estimate of drug-likeness (QED) is 0.456. The molecule has 2 fully saturated rings. The molecule has 2 aliphatic heterocycles.